The van der Waals surface area contributed by atoms with Gasteiger partial charge in [-0.25, -0.2) is 15.0 Å². The molecule has 6 aromatic carbocycles. The van der Waals surface area contributed by atoms with Gasteiger partial charge in [-0.3, -0.25) is 4.98 Å². The maximum absolute atomic E-state index is 6.60. The molecule has 1 aliphatic carbocycles. The number of allylic oxidation sites excluding steroid dienone is 5. The zero-order valence-corrected chi connectivity index (χ0v) is 29.2. The van der Waals surface area contributed by atoms with E-state index in [-0.39, 0.29) is 0 Å². The van der Waals surface area contributed by atoms with Gasteiger partial charge in [0.25, 0.3) is 0 Å². The van der Waals surface area contributed by atoms with Crippen LogP contribution in [-0.4, -0.2) is 19.9 Å². The summed E-state index contributed by atoms with van der Waals surface area (Å²) in [5, 5.41) is 1.09. The van der Waals surface area contributed by atoms with Crippen molar-refractivity contribution >= 4 is 16.5 Å². The third-order valence-corrected chi connectivity index (χ3v) is 10.4. The zero-order chi connectivity index (χ0) is 35.9. The van der Waals surface area contributed by atoms with Gasteiger partial charge in [0.1, 0.15) is 5.75 Å². The average Bonchev–Trinajstić information content (AvgIpc) is 3.54. The first-order chi connectivity index (χ1) is 26.8. The molecule has 1 aliphatic heterocycles. The van der Waals surface area contributed by atoms with Crippen molar-refractivity contribution in [3.8, 4) is 51.0 Å². The topological polar surface area (TPSA) is 60.8 Å². The molecule has 0 N–H and O–H groups in total. The van der Waals surface area contributed by atoms with E-state index in [2.05, 4.69) is 102 Å². The van der Waals surface area contributed by atoms with Gasteiger partial charge in [-0.15, -0.1) is 0 Å². The molecule has 0 unspecified atom stereocenters. The smallest absolute Gasteiger partial charge is 0.164 e. The van der Waals surface area contributed by atoms with Crippen LogP contribution in [0, 0.1) is 0 Å². The molecule has 3 heterocycles. The van der Waals surface area contributed by atoms with E-state index in [9.17, 15) is 0 Å². The lowest BCUT2D eigenvalue weighted by Crippen LogP contribution is -2.25. The first-order valence-corrected chi connectivity index (χ1v) is 18.0. The summed E-state index contributed by atoms with van der Waals surface area (Å²) in [6.07, 6.45) is 12.3. The predicted molar refractivity (Wildman–Crippen MR) is 217 cm³/mol. The molecule has 8 aromatic rings. The van der Waals surface area contributed by atoms with E-state index in [1.165, 1.54) is 22.3 Å². The Morgan fingerprint density at radius 3 is 1.78 bits per heavy atom. The van der Waals surface area contributed by atoms with E-state index < -0.39 is 5.41 Å². The van der Waals surface area contributed by atoms with E-state index >= 15 is 0 Å². The standard InChI is InChI=1S/C49H32N4O/c1-3-14-34(15-4-1)46-51-47(35-16-5-2-6-17-35)53-48(52-46)36-26-27-45-43(32-36)49(41-23-9-7-19-38(41)39-20-8-10-24-42(39)49)29-28-33(18-13-31-54-45)37-21-11-25-44-40(37)22-12-30-50-44/h1-32H/b29-28+,31-13+,33-18+. The van der Waals surface area contributed by atoms with Crippen LogP contribution in [0.4, 0.5) is 0 Å². The zero-order valence-electron chi connectivity index (χ0n) is 29.2. The van der Waals surface area contributed by atoms with Gasteiger partial charge in [0.15, 0.2) is 17.5 Å². The summed E-state index contributed by atoms with van der Waals surface area (Å²) >= 11 is 0. The Bertz CT molecular complexity index is 2700. The number of nitrogens with zero attached hydrogens (tertiary/aromatic N) is 4. The maximum atomic E-state index is 6.60. The van der Waals surface area contributed by atoms with Gasteiger partial charge in [-0.2, -0.15) is 0 Å². The third-order valence-electron chi connectivity index (χ3n) is 10.4. The molecule has 10 rings (SSSR count). The maximum Gasteiger partial charge on any atom is 0.164 e. The Kier molecular flexibility index (Phi) is 7.62. The summed E-state index contributed by atoms with van der Waals surface area (Å²) in [6.45, 7) is 0. The van der Waals surface area contributed by atoms with Crippen LogP contribution in [-0.2, 0) is 5.41 Å². The Hall–Kier alpha value is -7.24. The number of ether oxygens (including phenoxy) is 1. The van der Waals surface area contributed by atoms with E-state index in [1.807, 2.05) is 91.1 Å². The fourth-order valence-electron chi connectivity index (χ4n) is 7.91. The van der Waals surface area contributed by atoms with Crippen LogP contribution in [0.1, 0.15) is 22.3 Å². The molecule has 254 valence electrons. The second kappa shape index (κ2) is 13.1. The number of benzene rings is 6. The van der Waals surface area contributed by atoms with E-state index in [4.69, 9.17) is 19.7 Å². The normalized spacial score (nSPS) is 16.0. The summed E-state index contributed by atoms with van der Waals surface area (Å²) in [5.41, 5.74) is 10.8. The molecule has 5 nitrogen and oxygen atoms in total. The Balaban J connectivity index is 1.23. The van der Waals surface area contributed by atoms with Crippen LogP contribution >= 0.6 is 0 Å². The van der Waals surface area contributed by atoms with E-state index in [0.717, 1.165) is 50.0 Å². The minimum Gasteiger partial charge on any atom is -0.465 e. The molecule has 2 aliphatic rings. The molecule has 5 heteroatoms. The first-order valence-electron chi connectivity index (χ1n) is 18.0. The van der Waals surface area contributed by atoms with Gasteiger partial charge in [0.05, 0.1) is 17.2 Å². The lowest BCUT2D eigenvalue weighted by Gasteiger charge is -2.32. The second-order valence-electron chi connectivity index (χ2n) is 13.4. The van der Waals surface area contributed by atoms with Crippen molar-refractivity contribution in [3.05, 3.63) is 217 Å². The fourth-order valence-corrected chi connectivity index (χ4v) is 7.91. The van der Waals surface area contributed by atoms with Gasteiger partial charge in [0, 0.05) is 33.8 Å². The summed E-state index contributed by atoms with van der Waals surface area (Å²) in [6, 6.07) is 54.3. The summed E-state index contributed by atoms with van der Waals surface area (Å²) in [5.74, 6) is 2.56. The van der Waals surface area contributed by atoms with Crippen molar-refractivity contribution in [2.24, 2.45) is 0 Å². The molecule has 0 fully saturated rings. The van der Waals surface area contributed by atoms with Crippen molar-refractivity contribution in [2.75, 3.05) is 0 Å². The predicted octanol–water partition coefficient (Wildman–Crippen LogP) is 11.3. The summed E-state index contributed by atoms with van der Waals surface area (Å²) in [7, 11) is 0. The highest BCUT2D eigenvalue weighted by molar-refractivity contribution is 5.95. The largest absolute Gasteiger partial charge is 0.465 e. The first kappa shape index (κ1) is 31.5. The fraction of sp³-hybridized carbons (Fsp3) is 0.0204. The number of aromatic nitrogens is 4. The number of hydrogen-bond donors (Lipinski definition) is 0. The molecule has 1 spiro atoms. The van der Waals surface area contributed by atoms with E-state index in [1.54, 1.807) is 6.26 Å². The average molecular weight is 693 g/mol. The van der Waals surface area contributed by atoms with Crippen molar-refractivity contribution in [1.29, 1.82) is 0 Å². The minimum absolute atomic E-state index is 0.584. The highest BCUT2D eigenvalue weighted by Gasteiger charge is 2.44. The minimum atomic E-state index is -0.719. The Morgan fingerprint density at radius 2 is 1.09 bits per heavy atom. The SMILES string of the molecule is C1=C\Oc2ccc(-c3nc(-c4ccccc4)nc(-c4ccccc4)n3)cc2C2(/C=C/C(c3cccc4ncccc34)=C\1)c1ccccc1-c1ccccc12. The number of rotatable bonds is 4. The highest BCUT2D eigenvalue weighted by Crippen LogP contribution is 2.56. The lowest BCUT2D eigenvalue weighted by atomic mass is 9.71. The molecule has 0 bridgehead atoms. The molecule has 0 amide bonds. The Morgan fingerprint density at radius 1 is 0.481 bits per heavy atom. The van der Waals surface area contributed by atoms with Gasteiger partial charge >= 0.3 is 0 Å². The molecular weight excluding hydrogens is 661 g/mol. The van der Waals surface area contributed by atoms with Gasteiger partial charge < -0.3 is 4.74 Å². The molecule has 0 saturated heterocycles. The van der Waals surface area contributed by atoms with Crippen LogP contribution in [0.3, 0.4) is 0 Å². The van der Waals surface area contributed by atoms with Crippen LogP contribution in [0.15, 0.2) is 194 Å². The van der Waals surface area contributed by atoms with Crippen LogP contribution in [0.25, 0.3) is 61.8 Å². The molecule has 0 atom stereocenters. The van der Waals surface area contributed by atoms with Crippen molar-refractivity contribution < 1.29 is 4.74 Å². The highest BCUT2D eigenvalue weighted by atomic mass is 16.5. The molecular formula is C49H32N4O. The Labute approximate surface area is 313 Å². The molecule has 0 saturated carbocycles. The van der Waals surface area contributed by atoms with Crippen LogP contribution < -0.4 is 4.74 Å². The van der Waals surface area contributed by atoms with Crippen molar-refractivity contribution in [1.82, 2.24) is 19.9 Å². The number of pyridine rings is 1. The van der Waals surface area contributed by atoms with Crippen LogP contribution in [0.2, 0.25) is 0 Å². The number of fused-ring (bicyclic) bond motifs is 8. The molecule has 2 aromatic heterocycles. The monoisotopic (exact) mass is 692 g/mol. The lowest BCUT2D eigenvalue weighted by molar-refractivity contribution is 0.469. The summed E-state index contributed by atoms with van der Waals surface area (Å²) < 4.78 is 6.60. The van der Waals surface area contributed by atoms with Crippen LogP contribution in [0.5, 0.6) is 5.75 Å². The quantitative estimate of drug-likeness (QED) is 0.184. The van der Waals surface area contributed by atoms with Crippen molar-refractivity contribution in [2.45, 2.75) is 5.41 Å². The van der Waals surface area contributed by atoms with Crippen molar-refractivity contribution in [3.63, 3.8) is 0 Å². The second-order valence-corrected chi connectivity index (χ2v) is 13.4. The third kappa shape index (κ3) is 5.25. The van der Waals surface area contributed by atoms with E-state index in [0.29, 0.717) is 17.5 Å². The molecule has 54 heavy (non-hydrogen) atoms. The van der Waals surface area contributed by atoms with Gasteiger partial charge in [0.2, 0.25) is 0 Å². The molecule has 0 radical (unpaired) electrons. The van der Waals surface area contributed by atoms with Gasteiger partial charge in [-0.1, -0.05) is 146 Å². The van der Waals surface area contributed by atoms with Gasteiger partial charge in [-0.05, 0) is 69.8 Å². The summed E-state index contributed by atoms with van der Waals surface area (Å²) in [4.78, 5) is 19.8. The number of hydrogen-bond acceptors (Lipinski definition) is 5.